The molecule has 8 heteroatoms. The van der Waals surface area contributed by atoms with Crippen molar-refractivity contribution in [2.75, 3.05) is 17.2 Å². The first kappa shape index (κ1) is 19.6. The molecule has 1 aliphatic rings. The van der Waals surface area contributed by atoms with Gasteiger partial charge in [-0.1, -0.05) is 28.1 Å². The Hall–Kier alpha value is -2.71. The van der Waals surface area contributed by atoms with E-state index >= 15 is 0 Å². The van der Waals surface area contributed by atoms with E-state index in [0.717, 1.165) is 31.9 Å². The highest BCUT2D eigenvalue weighted by Crippen LogP contribution is 2.31. The Morgan fingerprint density at radius 2 is 2.03 bits per heavy atom. The lowest BCUT2D eigenvalue weighted by atomic mass is 10.0. The molecule has 29 heavy (non-hydrogen) atoms. The van der Waals surface area contributed by atoms with Gasteiger partial charge in [-0.2, -0.15) is 0 Å². The van der Waals surface area contributed by atoms with Gasteiger partial charge >= 0.3 is 0 Å². The van der Waals surface area contributed by atoms with E-state index in [1.165, 1.54) is 11.3 Å². The van der Waals surface area contributed by atoms with Crippen LogP contribution in [0.3, 0.4) is 0 Å². The van der Waals surface area contributed by atoms with Crippen LogP contribution in [-0.2, 0) is 16.0 Å². The smallest absolute Gasteiger partial charge is 0.264 e. The molecule has 0 unspecified atom stereocenters. The van der Waals surface area contributed by atoms with Crippen molar-refractivity contribution in [2.45, 2.75) is 19.8 Å². The number of rotatable bonds is 5. The van der Waals surface area contributed by atoms with Crippen LogP contribution in [0.4, 0.5) is 10.8 Å². The van der Waals surface area contributed by atoms with Gasteiger partial charge in [-0.25, -0.2) is 4.98 Å². The maximum atomic E-state index is 12.3. The van der Waals surface area contributed by atoms with Gasteiger partial charge in [0.25, 0.3) is 5.91 Å². The topological polar surface area (TPSA) is 80.3 Å². The minimum absolute atomic E-state index is 0.0202. The number of halogens is 1. The number of carbonyl (C=O) groups is 2. The van der Waals surface area contributed by atoms with E-state index in [0.29, 0.717) is 23.7 Å². The molecular formula is C21H18BrN3O3S. The average Bonchev–Trinajstić information content (AvgIpc) is 3.07. The summed E-state index contributed by atoms with van der Waals surface area (Å²) in [6.07, 6.45) is 1.13. The molecule has 0 spiro atoms. The third-order valence-corrected chi connectivity index (χ3v) is 5.92. The first-order chi connectivity index (χ1) is 14.0. The minimum Gasteiger partial charge on any atom is -0.484 e. The Labute approximate surface area is 180 Å². The third kappa shape index (κ3) is 4.65. The molecule has 3 aromatic rings. The van der Waals surface area contributed by atoms with Crippen molar-refractivity contribution in [3.8, 4) is 17.0 Å². The van der Waals surface area contributed by atoms with E-state index in [-0.39, 0.29) is 18.4 Å². The fraction of sp³-hybridized carbons (Fsp3) is 0.190. The number of benzene rings is 2. The van der Waals surface area contributed by atoms with E-state index in [2.05, 4.69) is 31.5 Å². The molecule has 2 N–H and O–H groups in total. The molecule has 2 heterocycles. The Balaban J connectivity index is 1.37. The molecule has 1 aromatic heterocycles. The summed E-state index contributed by atoms with van der Waals surface area (Å²) in [5, 5.41) is 6.17. The molecule has 6 nitrogen and oxygen atoms in total. The van der Waals surface area contributed by atoms with Crippen LogP contribution >= 0.6 is 27.3 Å². The molecule has 0 saturated carbocycles. The van der Waals surface area contributed by atoms with E-state index in [9.17, 15) is 9.59 Å². The summed E-state index contributed by atoms with van der Waals surface area (Å²) in [7, 11) is 0. The monoisotopic (exact) mass is 471 g/mol. The van der Waals surface area contributed by atoms with E-state index < -0.39 is 0 Å². The minimum atomic E-state index is -0.271. The van der Waals surface area contributed by atoms with Crippen LogP contribution in [0, 0.1) is 6.92 Å². The number of aromatic nitrogens is 1. The summed E-state index contributed by atoms with van der Waals surface area (Å²) >= 11 is 4.86. The highest BCUT2D eigenvalue weighted by Gasteiger charge is 2.16. The van der Waals surface area contributed by atoms with Crippen LogP contribution in [0.25, 0.3) is 11.3 Å². The van der Waals surface area contributed by atoms with Crippen molar-refractivity contribution in [3.63, 3.8) is 0 Å². The van der Waals surface area contributed by atoms with E-state index in [4.69, 9.17) is 4.74 Å². The van der Waals surface area contributed by atoms with Gasteiger partial charge in [0, 0.05) is 27.0 Å². The molecule has 0 fully saturated rings. The standard InChI is InChI=1S/C21H18BrN3O3S/c1-12-20(13-2-5-15(22)6-3-13)25-21(29-12)24-19(27)11-28-16-7-8-17-14(10-16)4-9-18(26)23-17/h2-3,5-8,10H,4,9,11H2,1H3,(H,23,26)(H,24,25,27). The van der Waals surface area contributed by atoms with Crippen molar-refractivity contribution in [2.24, 2.45) is 0 Å². The third-order valence-electron chi connectivity index (χ3n) is 4.50. The van der Waals surface area contributed by atoms with Crippen molar-refractivity contribution in [3.05, 3.63) is 57.4 Å². The summed E-state index contributed by atoms with van der Waals surface area (Å²) in [6, 6.07) is 13.3. The number of hydrogen-bond donors (Lipinski definition) is 2. The molecular weight excluding hydrogens is 454 g/mol. The lowest BCUT2D eigenvalue weighted by Gasteiger charge is -2.17. The number of carbonyl (C=O) groups excluding carboxylic acids is 2. The van der Waals surface area contributed by atoms with Crippen molar-refractivity contribution < 1.29 is 14.3 Å². The highest BCUT2D eigenvalue weighted by atomic mass is 79.9. The van der Waals surface area contributed by atoms with Gasteiger partial charge in [0.15, 0.2) is 11.7 Å². The number of anilines is 2. The maximum Gasteiger partial charge on any atom is 0.264 e. The summed E-state index contributed by atoms with van der Waals surface area (Å²) < 4.78 is 6.62. The van der Waals surface area contributed by atoms with Crippen molar-refractivity contribution >= 4 is 49.9 Å². The fourth-order valence-corrected chi connectivity index (χ4v) is 4.20. The van der Waals surface area contributed by atoms with Crippen LogP contribution in [0.15, 0.2) is 46.9 Å². The Kier molecular flexibility index (Phi) is 5.64. The van der Waals surface area contributed by atoms with Crippen LogP contribution in [-0.4, -0.2) is 23.4 Å². The number of nitrogens with zero attached hydrogens (tertiary/aromatic N) is 1. The summed E-state index contributed by atoms with van der Waals surface area (Å²) in [6.45, 7) is 1.87. The SMILES string of the molecule is Cc1sc(NC(=O)COc2ccc3c(c2)CCC(=O)N3)nc1-c1ccc(Br)cc1. The molecule has 0 aliphatic carbocycles. The van der Waals surface area contributed by atoms with Gasteiger partial charge in [0.1, 0.15) is 5.75 Å². The molecule has 0 bridgehead atoms. The Morgan fingerprint density at radius 3 is 2.83 bits per heavy atom. The van der Waals surface area contributed by atoms with Gasteiger partial charge in [-0.3, -0.25) is 14.9 Å². The van der Waals surface area contributed by atoms with Gasteiger partial charge < -0.3 is 10.1 Å². The first-order valence-electron chi connectivity index (χ1n) is 9.07. The number of fused-ring (bicyclic) bond motifs is 1. The van der Waals surface area contributed by atoms with Gasteiger partial charge in [-0.15, -0.1) is 11.3 Å². The lowest BCUT2D eigenvalue weighted by Crippen LogP contribution is -2.21. The van der Waals surface area contributed by atoms with Crippen LogP contribution in [0.1, 0.15) is 16.9 Å². The molecule has 148 valence electrons. The largest absolute Gasteiger partial charge is 0.484 e. The number of thiazole rings is 1. The molecule has 0 saturated heterocycles. The van der Waals surface area contributed by atoms with Gasteiger partial charge in [-0.05, 0) is 49.2 Å². The molecule has 2 amide bonds. The zero-order valence-corrected chi connectivity index (χ0v) is 18.0. The van der Waals surface area contributed by atoms with E-state index in [1.807, 2.05) is 37.3 Å². The number of amides is 2. The Bertz CT molecular complexity index is 1080. The number of hydrogen-bond acceptors (Lipinski definition) is 5. The summed E-state index contributed by atoms with van der Waals surface area (Å²) in [4.78, 5) is 29.3. The normalized spacial score (nSPS) is 12.8. The zero-order chi connectivity index (χ0) is 20.4. The lowest BCUT2D eigenvalue weighted by molar-refractivity contribution is -0.118. The van der Waals surface area contributed by atoms with E-state index in [1.54, 1.807) is 12.1 Å². The predicted molar refractivity (Wildman–Crippen MR) is 118 cm³/mol. The second-order valence-corrected chi connectivity index (χ2v) is 8.75. The Morgan fingerprint density at radius 1 is 1.24 bits per heavy atom. The molecule has 2 aromatic carbocycles. The predicted octanol–water partition coefficient (Wildman–Crippen LogP) is 4.78. The first-order valence-corrected chi connectivity index (χ1v) is 10.7. The van der Waals surface area contributed by atoms with Crippen LogP contribution in [0.2, 0.25) is 0 Å². The van der Waals surface area contributed by atoms with Crippen LogP contribution < -0.4 is 15.4 Å². The average molecular weight is 472 g/mol. The second kappa shape index (κ2) is 8.34. The summed E-state index contributed by atoms with van der Waals surface area (Å²) in [5.74, 6) is 0.347. The van der Waals surface area contributed by atoms with Crippen LogP contribution in [0.5, 0.6) is 5.75 Å². The molecule has 4 rings (SSSR count). The number of ether oxygens (including phenoxy) is 1. The van der Waals surface area contributed by atoms with Gasteiger partial charge in [0.2, 0.25) is 5.91 Å². The maximum absolute atomic E-state index is 12.3. The van der Waals surface area contributed by atoms with Gasteiger partial charge in [0.05, 0.1) is 5.69 Å². The number of aryl methyl sites for hydroxylation is 2. The fourth-order valence-electron chi connectivity index (χ4n) is 3.08. The molecule has 0 atom stereocenters. The van der Waals surface area contributed by atoms with Crippen molar-refractivity contribution in [1.29, 1.82) is 0 Å². The molecule has 0 radical (unpaired) electrons. The van der Waals surface area contributed by atoms with Crippen molar-refractivity contribution in [1.82, 2.24) is 4.98 Å². The second-order valence-electron chi connectivity index (χ2n) is 6.63. The molecule has 1 aliphatic heterocycles. The quantitative estimate of drug-likeness (QED) is 0.560. The highest BCUT2D eigenvalue weighted by molar-refractivity contribution is 9.10. The number of nitrogens with one attached hydrogen (secondary N) is 2. The summed E-state index contributed by atoms with van der Waals surface area (Å²) in [5.41, 5.74) is 3.67. The zero-order valence-electron chi connectivity index (χ0n) is 15.6.